The first-order chi connectivity index (χ1) is 12.5. The molecule has 6 heteroatoms. The summed E-state index contributed by atoms with van der Waals surface area (Å²) in [7, 11) is 0. The fourth-order valence-corrected chi connectivity index (χ4v) is 2.45. The van der Waals surface area contributed by atoms with E-state index in [4.69, 9.17) is 13.9 Å². The Morgan fingerprint density at radius 2 is 2.00 bits per heavy atom. The van der Waals surface area contributed by atoms with Crippen LogP contribution in [0.5, 0.6) is 17.2 Å². The van der Waals surface area contributed by atoms with Crippen LogP contribution in [0.15, 0.2) is 58.3 Å². The summed E-state index contributed by atoms with van der Waals surface area (Å²) in [5.41, 5.74) is 0.196. The van der Waals surface area contributed by atoms with Crippen LogP contribution in [0.1, 0.15) is 22.8 Å². The van der Waals surface area contributed by atoms with Crippen LogP contribution in [-0.4, -0.2) is 17.7 Å². The molecule has 1 N–H and O–H groups in total. The molecule has 0 amide bonds. The van der Waals surface area contributed by atoms with Crippen molar-refractivity contribution in [2.24, 2.45) is 0 Å². The van der Waals surface area contributed by atoms with Crippen molar-refractivity contribution in [2.45, 2.75) is 6.92 Å². The molecule has 2 aromatic carbocycles. The third-order valence-corrected chi connectivity index (χ3v) is 3.68. The van der Waals surface area contributed by atoms with E-state index in [-0.39, 0.29) is 17.1 Å². The lowest BCUT2D eigenvalue weighted by atomic mass is 10.1. The topological polar surface area (TPSA) is 86.0 Å². The molecule has 0 radical (unpaired) electrons. The van der Waals surface area contributed by atoms with Crippen molar-refractivity contribution in [3.8, 4) is 17.2 Å². The van der Waals surface area contributed by atoms with Gasteiger partial charge in [-0.05, 0) is 42.8 Å². The maximum atomic E-state index is 12.2. The number of fused-ring (bicyclic) bond motifs is 1. The lowest BCUT2D eigenvalue weighted by Gasteiger charge is -2.09. The summed E-state index contributed by atoms with van der Waals surface area (Å²) in [5, 5.41) is 9.98. The average Bonchev–Trinajstić information content (AvgIpc) is 2.63. The summed E-state index contributed by atoms with van der Waals surface area (Å²) in [5.74, 6) is -0.642. The van der Waals surface area contributed by atoms with E-state index in [2.05, 4.69) is 6.58 Å². The molecule has 6 nitrogen and oxygen atoms in total. The molecule has 0 fully saturated rings. The second-order valence-corrected chi connectivity index (χ2v) is 5.40. The van der Waals surface area contributed by atoms with Crippen molar-refractivity contribution in [3.05, 3.63) is 70.6 Å². The van der Waals surface area contributed by atoms with Gasteiger partial charge in [-0.3, -0.25) is 0 Å². The number of benzene rings is 2. The molecule has 0 saturated carbocycles. The first kappa shape index (κ1) is 17.3. The number of carboxylic acid groups (broad SMARTS) is 1. The van der Waals surface area contributed by atoms with Gasteiger partial charge < -0.3 is 19.0 Å². The van der Waals surface area contributed by atoms with Crippen molar-refractivity contribution >= 4 is 23.0 Å². The smallest absolute Gasteiger partial charge is 0.379 e. The van der Waals surface area contributed by atoms with Crippen LogP contribution in [0.25, 0.3) is 17.0 Å². The highest BCUT2D eigenvalue weighted by Crippen LogP contribution is 2.28. The van der Waals surface area contributed by atoms with Crippen molar-refractivity contribution in [3.63, 3.8) is 0 Å². The molecule has 1 heterocycles. The van der Waals surface area contributed by atoms with Crippen LogP contribution in [0.3, 0.4) is 0 Å². The number of carboxylic acids is 1. The van der Waals surface area contributed by atoms with Crippen LogP contribution in [0.2, 0.25) is 0 Å². The molecule has 1 aromatic heterocycles. The van der Waals surface area contributed by atoms with Gasteiger partial charge in [0.05, 0.1) is 6.61 Å². The third kappa shape index (κ3) is 3.44. The molecule has 0 saturated heterocycles. The number of hydrogen-bond donors (Lipinski definition) is 1. The molecule has 0 spiro atoms. The Kier molecular flexibility index (Phi) is 4.75. The molecule has 132 valence electrons. The van der Waals surface area contributed by atoms with Gasteiger partial charge in [0, 0.05) is 11.5 Å². The van der Waals surface area contributed by atoms with Gasteiger partial charge in [-0.25, -0.2) is 9.59 Å². The van der Waals surface area contributed by atoms with Crippen LogP contribution in [-0.2, 0) is 0 Å². The average molecular weight is 352 g/mol. The van der Waals surface area contributed by atoms with Crippen LogP contribution >= 0.6 is 0 Å². The standard InChI is InChI=1S/C20H16O6/c1-3-12-5-8-16(15(9-12)19(21)22)25-18-10-13-6-7-14(24-4-2)11-17(13)26-20(18)23/h3,5-11H,1,4H2,2H3,(H,21,22). The Hall–Kier alpha value is -3.54. The quantitative estimate of drug-likeness (QED) is 0.665. The highest BCUT2D eigenvalue weighted by atomic mass is 16.5. The van der Waals surface area contributed by atoms with E-state index in [9.17, 15) is 14.7 Å². The van der Waals surface area contributed by atoms with E-state index in [0.717, 1.165) is 0 Å². The number of rotatable bonds is 6. The van der Waals surface area contributed by atoms with Gasteiger partial charge in [-0.15, -0.1) is 0 Å². The Labute approximate surface area is 148 Å². The van der Waals surface area contributed by atoms with Gasteiger partial charge in [0.15, 0.2) is 0 Å². The summed E-state index contributed by atoms with van der Waals surface area (Å²) >= 11 is 0. The van der Waals surface area contributed by atoms with E-state index in [0.29, 0.717) is 28.9 Å². The summed E-state index contributed by atoms with van der Waals surface area (Å²) in [4.78, 5) is 23.7. The molecule has 0 aliphatic rings. The Bertz CT molecular complexity index is 1050. The molecule has 0 unspecified atom stereocenters. The Balaban J connectivity index is 2.03. The maximum Gasteiger partial charge on any atom is 0.379 e. The van der Waals surface area contributed by atoms with Gasteiger partial charge in [0.25, 0.3) is 0 Å². The molecular weight excluding hydrogens is 336 g/mol. The maximum absolute atomic E-state index is 12.2. The van der Waals surface area contributed by atoms with Crippen molar-refractivity contribution in [1.82, 2.24) is 0 Å². The van der Waals surface area contributed by atoms with Gasteiger partial charge in [-0.2, -0.15) is 0 Å². The fourth-order valence-electron chi connectivity index (χ4n) is 2.45. The molecule has 0 aliphatic carbocycles. The SMILES string of the molecule is C=Cc1ccc(Oc2cc3ccc(OCC)cc3oc2=O)c(C(=O)O)c1. The van der Waals surface area contributed by atoms with E-state index in [1.165, 1.54) is 24.3 Å². The predicted octanol–water partition coefficient (Wildman–Crippen LogP) is 4.33. The summed E-state index contributed by atoms with van der Waals surface area (Å²) < 4.78 is 16.2. The molecule has 0 aliphatic heterocycles. The number of ether oxygens (including phenoxy) is 2. The van der Waals surface area contributed by atoms with Crippen molar-refractivity contribution < 1.29 is 23.8 Å². The molecule has 0 bridgehead atoms. The van der Waals surface area contributed by atoms with Crippen molar-refractivity contribution in [1.29, 1.82) is 0 Å². The zero-order chi connectivity index (χ0) is 18.7. The second kappa shape index (κ2) is 7.14. The second-order valence-electron chi connectivity index (χ2n) is 5.40. The van der Waals surface area contributed by atoms with Gasteiger partial charge in [0.2, 0.25) is 5.75 Å². The minimum absolute atomic E-state index is 0.0423. The summed E-state index contributed by atoms with van der Waals surface area (Å²) in [6.45, 7) is 5.96. The highest BCUT2D eigenvalue weighted by Gasteiger charge is 2.15. The molecule has 3 aromatic rings. The summed E-state index contributed by atoms with van der Waals surface area (Å²) in [6, 6.07) is 11.1. The molecule has 26 heavy (non-hydrogen) atoms. The normalized spacial score (nSPS) is 10.5. The number of aromatic carboxylic acids is 1. The Morgan fingerprint density at radius 3 is 2.69 bits per heavy atom. The van der Waals surface area contributed by atoms with Crippen LogP contribution in [0.4, 0.5) is 0 Å². The monoisotopic (exact) mass is 352 g/mol. The largest absolute Gasteiger partial charge is 0.494 e. The zero-order valence-corrected chi connectivity index (χ0v) is 14.0. The minimum Gasteiger partial charge on any atom is -0.494 e. The van der Waals surface area contributed by atoms with Gasteiger partial charge in [-0.1, -0.05) is 18.7 Å². The first-order valence-electron chi connectivity index (χ1n) is 7.90. The zero-order valence-electron chi connectivity index (χ0n) is 14.0. The number of carbonyl (C=O) groups is 1. The fraction of sp³-hybridized carbons (Fsp3) is 0.100. The first-order valence-corrected chi connectivity index (χ1v) is 7.90. The lowest BCUT2D eigenvalue weighted by Crippen LogP contribution is -2.06. The molecular formula is C20H16O6. The third-order valence-electron chi connectivity index (χ3n) is 3.68. The van der Waals surface area contributed by atoms with E-state index >= 15 is 0 Å². The summed E-state index contributed by atoms with van der Waals surface area (Å²) in [6.07, 6.45) is 1.52. The van der Waals surface area contributed by atoms with E-state index < -0.39 is 11.6 Å². The number of hydrogen-bond acceptors (Lipinski definition) is 5. The van der Waals surface area contributed by atoms with Gasteiger partial charge >= 0.3 is 11.6 Å². The Morgan fingerprint density at radius 1 is 1.19 bits per heavy atom. The van der Waals surface area contributed by atoms with Crippen LogP contribution in [0, 0.1) is 0 Å². The lowest BCUT2D eigenvalue weighted by molar-refractivity contribution is 0.0694. The van der Waals surface area contributed by atoms with E-state index in [1.807, 2.05) is 6.92 Å². The minimum atomic E-state index is -1.17. The van der Waals surface area contributed by atoms with Crippen LogP contribution < -0.4 is 15.1 Å². The van der Waals surface area contributed by atoms with Gasteiger partial charge in [0.1, 0.15) is 22.6 Å². The highest BCUT2D eigenvalue weighted by molar-refractivity contribution is 5.92. The van der Waals surface area contributed by atoms with E-state index in [1.54, 1.807) is 24.3 Å². The predicted molar refractivity (Wildman–Crippen MR) is 97.2 cm³/mol. The molecule has 0 atom stereocenters. The molecule has 3 rings (SSSR count). The van der Waals surface area contributed by atoms with Crippen molar-refractivity contribution in [2.75, 3.05) is 6.61 Å².